The van der Waals surface area contributed by atoms with E-state index in [1.165, 1.54) is 29.5 Å². The third-order valence-electron chi connectivity index (χ3n) is 3.33. The van der Waals surface area contributed by atoms with Crippen molar-refractivity contribution >= 4 is 11.5 Å². The van der Waals surface area contributed by atoms with Crippen LogP contribution >= 0.6 is 0 Å². The number of fused-ring (bicyclic) bond motifs is 1. The van der Waals surface area contributed by atoms with Crippen LogP contribution < -0.4 is 10.6 Å². The molecule has 0 radical (unpaired) electrons. The van der Waals surface area contributed by atoms with Crippen molar-refractivity contribution in [2.75, 3.05) is 5.32 Å². The minimum Gasteiger partial charge on any atom is -0.366 e. The van der Waals surface area contributed by atoms with Gasteiger partial charge in [-0.25, -0.2) is 4.98 Å². The van der Waals surface area contributed by atoms with E-state index in [1.807, 2.05) is 0 Å². The van der Waals surface area contributed by atoms with Crippen molar-refractivity contribution in [2.24, 2.45) is 0 Å². The molecule has 0 unspecified atom stereocenters. The molecule has 0 fully saturated rings. The lowest BCUT2D eigenvalue weighted by molar-refractivity contribution is -0.384. The predicted octanol–water partition coefficient (Wildman–Crippen LogP) is 2.21. The van der Waals surface area contributed by atoms with Crippen molar-refractivity contribution in [1.82, 2.24) is 10.3 Å². The molecule has 0 saturated heterocycles. The summed E-state index contributed by atoms with van der Waals surface area (Å²) >= 11 is 0. The lowest BCUT2D eigenvalue weighted by Crippen LogP contribution is -2.02. The summed E-state index contributed by atoms with van der Waals surface area (Å²) in [7, 11) is 0. The Labute approximate surface area is 116 Å². The molecule has 2 N–H and O–H groups in total. The third kappa shape index (κ3) is 2.60. The molecule has 0 spiro atoms. The van der Waals surface area contributed by atoms with Crippen LogP contribution in [-0.4, -0.2) is 9.91 Å². The molecule has 1 aliphatic rings. The summed E-state index contributed by atoms with van der Waals surface area (Å²) < 4.78 is 0. The van der Waals surface area contributed by atoms with E-state index in [1.54, 1.807) is 0 Å². The van der Waals surface area contributed by atoms with Gasteiger partial charge in [-0.05, 0) is 16.7 Å². The highest BCUT2D eigenvalue weighted by molar-refractivity contribution is 5.45. The Bertz CT molecular complexity index is 657. The Morgan fingerprint density at radius 2 is 2.10 bits per heavy atom. The average molecular weight is 270 g/mol. The zero-order valence-electron chi connectivity index (χ0n) is 10.8. The number of hydrogen-bond acceptors (Lipinski definition) is 5. The quantitative estimate of drug-likeness (QED) is 0.657. The van der Waals surface area contributed by atoms with Gasteiger partial charge in [0.2, 0.25) is 0 Å². The van der Waals surface area contributed by atoms with Crippen LogP contribution in [0, 0.1) is 10.1 Å². The molecule has 0 aliphatic carbocycles. The topological polar surface area (TPSA) is 80.1 Å². The zero-order valence-corrected chi connectivity index (χ0v) is 10.8. The Morgan fingerprint density at radius 1 is 1.25 bits per heavy atom. The first kappa shape index (κ1) is 12.6. The Kier molecular flexibility index (Phi) is 3.30. The van der Waals surface area contributed by atoms with Crippen LogP contribution in [0.5, 0.6) is 0 Å². The maximum absolute atomic E-state index is 10.7. The van der Waals surface area contributed by atoms with Crippen molar-refractivity contribution in [1.29, 1.82) is 0 Å². The van der Waals surface area contributed by atoms with Crippen molar-refractivity contribution in [3.8, 4) is 0 Å². The van der Waals surface area contributed by atoms with Crippen LogP contribution in [0.4, 0.5) is 11.5 Å². The highest BCUT2D eigenvalue weighted by Gasteiger charge is 2.10. The minimum absolute atomic E-state index is 0.0423. The summed E-state index contributed by atoms with van der Waals surface area (Å²) in [6, 6.07) is 9.16. The highest BCUT2D eigenvalue weighted by atomic mass is 16.6. The molecule has 1 aromatic carbocycles. The van der Waals surface area contributed by atoms with E-state index in [0.717, 1.165) is 18.7 Å². The number of pyridine rings is 1. The second-order valence-electron chi connectivity index (χ2n) is 4.72. The zero-order chi connectivity index (χ0) is 13.9. The fourth-order valence-electron chi connectivity index (χ4n) is 2.28. The van der Waals surface area contributed by atoms with Crippen LogP contribution in [0.3, 0.4) is 0 Å². The lowest BCUT2D eigenvalue weighted by Gasteiger charge is -2.07. The van der Waals surface area contributed by atoms with E-state index >= 15 is 0 Å². The molecular weight excluding hydrogens is 256 g/mol. The number of rotatable bonds is 4. The van der Waals surface area contributed by atoms with Crippen LogP contribution in [0.1, 0.15) is 16.7 Å². The highest BCUT2D eigenvalue weighted by Crippen LogP contribution is 2.19. The van der Waals surface area contributed by atoms with Crippen molar-refractivity contribution in [3.05, 3.63) is 63.3 Å². The van der Waals surface area contributed by atoms with Gasteiger partial charge in [-0.15, -0.1) is 0 Å². The summed E-state index contributed by atoms with van der Waals surface area (Å²) in [4.78, 5) is 14.4. The first-order valence-corrected chi connectivity index (χ1v) is 6.38. The molecule has 2 aromatic rings. The summed E-state index contributed by atoms with van der Waals surface area (Å²) in [5, 5.41) is 17.1. The SMILES string of the molecule is O=[N+]([O-])c1ccnc(NCc2ccc3c(c2)CNC3)c1. The number of nitrogens with zero attached hydrogens (tertiary/aromatic N) is 2. The first-order chi connectivity index (χ1) is 9.72. The Balaban J connectivity index is 1.70. The summed E-state index contributed by atoms with van der Waals surface area (Å²) in [6.45, 7) is 2.43. The molecule has 6 nitrogen and oxygen atoms in total. The Morgan fingerprint density at radius 3 is 2.95 bits per heavy atom. The van der Waals surface area contributed by atoms with Crippen molar-refractivity contribution in [2.45, 2.75) is 19.6 Å². The number of hydrogen-bond donors (Lipinski definition) is 2. The van der Waals surface area contributed by atoms with Gasteiger partial charge in [-0.3, -0.25) is 10.1 Å². The molecule has 0 amide bonds. The third-order valence-corrected chi connectivity index (χ3v) is 3.33. The van der Waals surface area contributed by atoms with Gasteiger partial charge in [0, 0.05) is 31.9 Å². The number of nitro groups is 1. The number of aromatic nitrogens is 1. The number of anilines is 1. The van der Waals surface area contributed by atoms with E-state index in [4.69, 9.17) is 0 Å². The van der Waals surface area contributed by atoms with Gasteiger partial charge in [0.25, 0.3) is 5.69 Å². The number of benzene rings is 1. The molecule has 2 heterocycles. The van der Waals surface area contributed by atoms with E-state index in [9.17, 15) is 10.1 Å². The molecular formula is C14H14N4O2. The molecule has 20 heavy (non-hydrogen) atoms. The van der Waals surface area contributed by atoms with Gasteiger partial charge in [0.05, 0.1) is 11.0 Å². The predicted molar refractivity (Wildman–Crippen MR) is 75.2 cm³/mol. The minimum atomic E-state index is -0.423. The van der Waals surface area contributed by atoms with Crippen LogP contribution in [0.2, 0.25) is 0 Å². The van der Waals surface area contributed by atoms with Gasteiger partial charge >= 0.3 is 0 Å². The molecule has 102 valence electrons. The van der Waals surface area contributed by atoms with E-state index in [-0.39, 0.29) is 5.69 Å². The molecule has 0 bridgehead atoms. The fraction of sp³-hybridized carbons (Fsp3) is 0.214. The lowest BCUT2D eigenvalue weighted by atomic mass is 10.1. The van der Waals surface area contributed by atoms with Crippen LogP contribution in [0.15, 0.2) is 36.5 Å². The Hall–Kier alpha value is -2.47. The molecule has 3 rings (SSSR count). The molecule has 1 aliphatic heterocycles. The van der Waals surface area contributed by atoms with E-state index in [0.29, 0.717) is 12.4 Å². The van der Waals surface area contributed by atoms with Crippen molar-refractivity contribution < 1.29 is 4.92 Å². The maximum Gasteiger partial charge on any atom is 0.274 e. The molecule has 1 aromatic heterocycles. The summed E-state index contributed by atoms with van der Waals surface area (Å²) in [5.41, 5.74) is 3.83. The van der Waals surface area contributed by atoms with E-state index in [2.05, 4.69) is 33.8 Å². The smallest absolute Gasteiger partial charge is 0.274 e. The van der Waals surface area contributed by atoms with Crippen LogP contribution in [0.25, 0.3) is 0 Å². The standard InChI is InChI=1S/C14H14N4O2/c19-18(20)13-3-4-16-14(6-13)17-7-10-1-2-11-8-15-9-12(11)5-10/h1-6,15H,7-9H2,(H,16,17). The van der Waals surface area contributed by atoms with Crippen LogP contribution in [-0.2, 0) is 19.6 Å². The summed E-state index contributed by atoms with van der Waals surface area (Å²) in [6.07, 6.45) is 1.44. The number of nitrogens with one attached hydrogen (secondary N) is 2. The normalized spacial score (nSPS) is 13.0. The van der Waals surface area contributed by atoms with Gasteiger partial charge in [0.15, 0.2) is 0 Å². The van der Waals surface area contributed by atoms with Gasteiger partial charge in [0.1, 0.15) is 5.82 Å². The van der Waals surface area contributed by atoms with Gasteiger partial charge < -0.3 is 10.6 Å². The second-order valence-corrected chi connectivity index (χ2v) is 4.72. The molecule has 0 saturated carbocycles. The fourth-order valence-corrected chi connectivity index (χ4v) is 2.28. The monoisotopic (exact) mass is 270 g/mol. The second kappa shape index (κ2) is 5.26. The first-order valence-electron chi connectivity index (χ1n) is 6.38. The van der Waals surface area contributed by atoms with E-state index < -0.39 is 4.92 Å². The van der Waals surface area contributed by atoms with Gasteiger partial charge in [-0.1, -0.05) is 18.2 Å². The van der Waals surface area contributed by atoms with Gasteiger partial charge in [-0.2, -0.15) is 0 Å². The largest absolute Gasteiger partial charge is 0.366 e. The maximum atomic E-state index is 10.7. The molecule has 6 heteroatoms. The van der Waals surface area contributed by atoms with Crippen molar-refractivity contribution in [3.63, 3.8) is 0 Å². The summed E-state index contributed by atoms with van der Waals surface area (Å²) in [5.74, 6) is 0.512. The molecule has 0 atom stereocenters. The average Bonchev–Trinajstić information content (AvgIpc) is 2.93.